The highest BCUT2D eigenvalue weighted by Gasteiger charge is 2.43. The third kappa shape index (κ3) is 4.27. The third-order valence-corrected chi connectivity index (χ3v) is 7.92. The number of esters is 1. The highest BCUT2D eigenvalue weighted by Crippen LogP contribution is 2.50. The average molecular weight is 380 g/mol. The minimum absolute atomic E-state index is 0.0515. The van der Waals surface area contributed by atoms with Crippen LogP contribution in [-0.4, -0.2) is 5.97 Å². The number of fused-ring (bicyclic) bond motifs is 1. The van der Waals surface area contributed by atoms with E-state index in [-0.39, 0.29) is 11.9 Å². The summed E-state index contributed by atoms with van der Waals surface area (Å²) in [6.07, 6.45) is 12.9. The van der Waals surface area contributed by atoms with E-state index in [1.54, 1.807) is 24.3 Å². The maximum Gasteiger partial charge on any atom is 0.314 e. The predicted octanol–water partition coefficient (Wildman–Crippen LogP) is 6.12. The van der Waals surface area contributed by atoms with Gasteiger partial charge in [0, 0.05) is 0 Å². The van der Waals surface area contributed by atoms with Gasteiger partial charge >= 0.3 is 5.97 Å². The van der Waals surface area contributed by atoms with Gasteiger partial charge < -0.3 is 4.74 Å². The van der Waals surface area contributed by atoms with Crippen LogP contribution in [0.15, 0.2) is 24.3 Å². The zero-order valence-electron chi connectivity index (χ0n) is 17.1. The molecule has 4 rings (SSSR count). The van der Waals surface area contributed by atoms with Gasteiger partial charge in [-0.2, -0.15) is 5.26 Å². The molecule has 0 heterocycles. The number of carbonyl (C=O) groups excluding carboxylic acids is 1. The third-order valence-electron chi connectivity index (χ3n) is 7.92. The van der Waals surface area contributed by atoms with Crippen molar-refractivity contribution in [3.05, 3.63) is 29.8 Å². The molecule has 0 N–H and O–H groups in total. The Labute approximate surface area is 169 Å². The number of hydrogen-bond acceptors (Lipinski definition) is 3. The first-order chi connectivity index (χ1) is 13.6. The van der Waals surface area contributed by atoms with Crippen molar-refractivity contribution >= 4 is 5.97 Å². The molecule has 3 aliphatic carbocycles. The van der Waals surface area contributed by atoms with E-state index in [4.69, 9.17) is 10.00 Å². The quantitative estimate of drug-likeness (QED) is 0.469. The second-order valence-electron chi connectivity index (χ2n) is 9.61. The number of benzene rings is 1. The molecule has 4 atom stereocenters. The van der Waals surface area contributed by atoms with E-state index in [9.17, 15) is 4.79 Å². The maximum atomic E-state index is 12.9. The van der Waals surface area contributed by atoms with Crippen molar-refractivity contribution in [2.75, 3.05) is 0 Å². The fraction of sp³-hybridized carbons (Fsp3) is 0.680. The van der Waals surface area contributed by atoms with Gasteiger partial charge in [-0.25, -0.2) is 0 Å². The van der Waals surface area contributed by atoms with Crippen molar-refractivity contribution < 1.29 is 9.53 Å². The van der Waals surface area contributed by atoms with Gasteiger partial charge in [0.2, 0.25) is 0 Å². The minimum Gasteiger partial charge on any atom is -0.426 e. The molecule has 3 nitrogen and oxygen atoms in total. The Morgan fingerprint density at radius 2 is 1.64 bits per heavy atom. The molecule has 0 aliphatic heterocycles. The molecule has 3 aliphatic rings. The Bertz CT molecular complexity index is 711. The molecule has 3 heteroatoms. The van der Waals surface area contributed by atoms with E-state index in [0.29, 0.717) is 23.1 Å². The van der Waals surface area contributed by atoms with Crippen LogP contribution in [0.5, 0.6) is 5.75 Å². The van der Waals surface area contributed by atoms with Gasteiger partial charge in [0.1, 0.15) is 5.75 Å². The standard InChI is InChI=1S/C25H33NO2/c1-17-5-9-19(10-6-17)20-11-14-23-21(15-20)3-2-4-24(23)25(27)28-22-12-7-18(16-26)8-13-22/h7-8,12-13,17,19-21,23-24H,2-6,9-11,14-15H2,1H3. The lowest BCUT2D eigenvalue weighted by Crippen LogP contribution is -2.40. The molecule has 4 unspecified atom stereocenters. The monoisotopic (exact) mass is 379 g/mol. The molecule has 0 bridgehead atoms. The second-order valence-corrected chi connectivity index (χ2v) is 9.61. The van der Waals surface area contributed by atoms with Gasteiger partial charge in [-0.15, -0.1) is 0 Å². The van der Waals surface area contributed by atoms with E-state index in [1.807, 2.05) is 0 Å². The van der Waals surface area contributed by atoms with E-state index >= 15 is 0 Å². The molecule has 3 fully saturated rings. The lowest BCUT2D eigenvalue weighted by Gasteiger charge is -2.45. The average Bonchev–Trinajstić information content (AvgIpc) is 2.74. The Morgan fingerprint density at radius 1 is 0.929 bits per heavy atom. The molecule has 0 saturated heterocycles. The van der Waals surface area contributed by atoms with Crippen molar-refractivity contribution in [1.29, 1.82) is 5.26 Å². The van der Waals surface area contributed by atoms with Crippen molar-refractivity contribution in [3.8, 4) is 11.8 Å². The van der Waals surface area contributed by atoms with Crippen molar-refractivity contribution in [2.24, 2.45) is 35.5 Å². The number of ether oxygens (including phenoxy) is 1. The summed E-state index contributed by atoms with van der Waals surface area (Å²) in [5, 5.41) is 8.91. The van der Waals surface area contributed by atoms with E-state index < -0.39 is 0 Å². The normalized spacial score (nSPS) is 35.4. The zero-order valence-corrected chi connectivity index (χ0v) is 17.1. The fourth-order valence-electron chi connectivity index (χ4n) is 6.27. The lowest BCUT2D eigenvalue weighted by atomic mass is 9.59. The second kappa shape index (κ2) is 8.68. The summed E-state index contributed by atoms with van der Waals surface area (Å²) < 4.78 is 5.71. The van der Waals surface area contributed by atoms with Crippen LogP contribution in [0.3, 0.4) is 0 Å². The first kappa shape index (κ1) is 19.5. The van der Waals surface area contributed by atoms with Gasteiger partial charge in [-0.3, -0.25) is 4.79 Å². The number of hydrogen-bond donors (Lipinski definition) is 0. The molecule has 1 aromatic rings. The molecule has 0 radical (unpaired) electrons. The SMILES string of the molecule is CC1CCC(C2CCC3C(CCCC3C(=O)Oc3ccc(C#N)cc3)C2)CC1. The summed E-state index contributed by atoms with van der Waals surface area (Å²) in [6.45, 7) is 2.40. The summed E-state index contributed by atoms with van der Waals surface area (Å²) in [6, 6.07) is 8.99. The summed E-state index contributed by atoms with van der Waals surface area (Å²) in [5.74, 6) is 4.54. The smallest absolute Gasteiger partial charge is 0.314 e. The van der Waals surface area contributed by atoms with Crippen LogP contribution in [0.25, 0.3) is 0 Å². The highest BCUT2D eigenvalue weighted by molar-refractivity contribution is 5.75. The van der Waals surface area contributed by atoms with Gasteiger partial charge in [-0.05, 0) is 92.4 Å². The van der Waals surface area contributed by atoms with Crippen LogP contribution in [0.4, 0.5) is 0 Å². The molecule has 0 amide bonds. The molecular weight excluding hydrogens is 346 g/mol. The van der Waals surface area contributed by atoms with Crippen LogP contribution in [-0.2, 0) is 4.79 Å². The Morgan fingerprint density at radius 3 is 2.36 bits per heavy atom. The van der Waals surface area contributed by atoms with E-state index in [1.165, 1.54) is 51.4 Å². The molecule has 1 aromatic carbocycles. The number of nitrogens with zero attached hydrogens (tertiary/aromatic N) is 1. The van der Waals surface area contributed by atoms with Gasteiger partial charge in [0.25, 0.3) is 0 Å². The molecule has 0 aromatic heterocycles. The molecule has 0 spiro atoms. The summed E-state index contributed by atoms with van der Waals surface area (Å²) >= 11 is 0. The van der Waals surface area contributed by atoms with Crippen LogP contribution < -0.4 is 4.74 Å². The first-order valence-corrected chi connectivity index (χ1v) is 11.4. The number of carbonyl (C=O) groups is 1. The van der Waals surface area contributed by atoms with Crippen LogP contribution in [0.2, 0.25) is 0 Å². The first-order valence-electron chi connectivity index (χ1n) is 11.4. The van der Waals surface area contributed by atoms with Crippen molar-refractivity contribution in [3.63, 3.8) is 0 Å². The largest absolute Gasteiger partial charge is 0.426 e. The van der Waals surface area contributed by atoms with E-state index in [0.717, 1.165) is 30.6 Å². The molecule has 150 valence electrons. The minimum atomic E-state index is -0.0515. The summed E-state index contributed by atoms with van der Waals surface area (Å²) in [5.41, 5.74) is 0.591. The topological polar surface area (TPSA) is 50.1 Å². The molecule has 3 saturated carbocycles. The Hall–Kier alpha value is -1.82. The maximum absolute atomic E-state index is 12.9. The molecule has 28 heavy (non-hydrogen) atoms. The van der Waals surface area contributed by atoms with Gasteiger partial charge in [-0.1, -0.05) is 32.6 Å². The lowest BCUT2D eigenvalue weighted by molar-refractivity contribution is -0.144. The highest BCUT2D eigenvalue weighted by atomic mass is 16.5. The van der Waals surface area contributed by atoms with Gasteiger partial charge in [0.05, 0.1) is 17.6 Å². The van der Waals surface area contributed by atoms with Crippen LogP contribution in [0, 0.1) is 46.8 Å². The molecular formula is C25H33NO2. The van der Waals surface area contributed by atoms with E-state index in [2.05, 4.69) is 13.0 Å². The van der Waals surface area contributed by atoms with Crippen LogP contribution >= 0.6 is 0 Å². The Balaban J connectivity index is 1.36. The zero-order chi connectivity index (χ0) is 19.5. The van der Waals surface area contributed by atoms with Crippen LogP contribution in [0.1, 0.15) is 76.7 Å². The Kier molecular flexibility index (Phi) is 6.04. The van der Waals surface area contributed by atoms with Crippen molar-refractivity contribution in [1.82, 2.24) is 0 Å². The number of nitriles is 1. The summed E-state index contributed by atoms with van der Waals surface area (Å²) in [7, 11) is 0. The number of rotatable bonds is 3. The van der Waals surface area contributed by atoms with Gasteiger partial charge in [0.15, 0.2) is 0 Å². The predicted molar refractivity (Wildman–Crippen MR) is 110 cm³/mol. The van der Waals surface area contributed by atoms with Crippen molar-refractivity contribution in [2.45, 2.75) is 71.1 Å². The summed E-state index contributed by atoms with van der Waals surface area (Å²) in [4.78, 5) is 12.9. The fourth-order valence-corrected chi connectivity index (χ4v) is 6.27.